The van der Waals surface area contributed by atoms with Crippen molar-refractivity contribution in [2.75, 3.05) is 0 Å². The summed E-state index contributed by atoms with van der Waals surface area (Å²) in [7, 11) is 0. The Bertz CT molecular complexity index is 134. The number of unbranched alkanes of at least 4 members (excludes halogenated alkanes) is 1. The van der Waals surface area contributed by atoms with Gasteiger partial charge >= 0.3 is 0 Å². The summed E-state index contributed by atoms with van der Waals surface area (Å²) >= 11 is 0. The normalized spacial score (nSPS) is 15.5. The van der Waals surface area contributed by atoms with Crippen LogP contribution in [-0.4, -0.2) is 0 Å². The fraction of sp³-hybridized carbons (Fsp3) is 0.800. The van der Waals surface area contributed by atoms with Crippen LogP contribution in [0.25, 0.3) is 0 Å². The number of hydrogen-bond acceptors (Lipinski definition) is 1. The number of nitriles is 1. The predicted octanol–water partition coefficient (Wildman–Crippen LogP) is 3.32. The third-order valence-corrected chi connectivity index (χ3v) is 1.91. The molecular weight excluding hydrogens is 134 g/mol. The molecule has 11 heavy (non-hydrogen) atoms. The van der Waals surface area contributed by atoms with E-state index in [4.69, 9.17) is 5.26 Å². The van der Waals surface area contributed by atoms with Crippen molar-refractivity contribution in [3.8, 4) is 6.07 Å². The lowest BCUT2D eigenvalue weighted by Gasteiger charge is -2.19. The van der Waals surface area contributed by atoms with Crippen LogP contribution >= 0.6 is 0 Å². The Balaban J connectivity index is 3.81. The van der Waals surface area contributed by atoms with Crippen LogP contribution in [0.3, 0.4) is 0 Å². The average molecular weight is 152 g/mol. The predicted molar refractivity (Wildman–Crippen MR) is 47.8 cm³/mol. The van der Waals surface area contributed by atoms with Crippen molar-refractivity contribution in [2.45, 2.75) is 46.5 Å². The van der Waals surface area contributed by atoms with Crippen LogP contribution in [-0.2, 0) is 0 Å². The van der Waals surface area contributed by atoms with Gasteiger partial charge in [-0.25, -0.2) is 0 Å². The second-order valence-electron chi connectivity index (χ2n) is 3.27. The van der Waals surface area contributed by atoms with E-state index in [9.17, 15) is 0 Å². The van der Waals surface area contributed by atoms with Crippen molar-refractivity contribution < 1.29 is 0 Å². The van der Waals surface area contributed by atoms with E-state index in [2.05, 4.69) is 26.3 Å². The molecule has 1 heteroatoms. The Morgan fingerprint density at radius 3 is 2.36 bits per heavy atom. The van der Waals surface area contributed by atoms with Crippen LogP contribution in [0.2, 0.25) is 0 Å². The van der Waals surface area contributed by atoms with Gasteiger partial charge in [-0.15, -0.1) is 0 Å². The van der Waals surface area contributed by atoms with Crippen molar-refractivity contribution in [3.05, 3.63) is 6.42 Å². The molecule has 0 aliphatic carbocycles. The molecule has 0 aromatic heterocycles. The molecular formula is C10H18N. The molecule has 0 aliphatic rings. The zero-order valence-corrected chi connectivity index (χ0v) is 7.85. The highest BCUT2D eigenvalue weighted by Gasteiger charge is 2.21. The van der Waals surface area contributed by atoms with Crippen LogP contribution in [0, 0.1) is 23.2 Å². The molecule has 0 bridgehead atoms. The molecule has 0 saturated heterocycles. The van der Waals surface area contributed by atoms with E-state index >= 15 is 0 Å². The molecule has 0 N–H and O–H groups in total. The monoisotopic (exact) mass is 152 g/mol. The van der Waals surface area contributed by atoms with Crippen LogP contribution in [0.1, 0.15) is 46.5 Å². The summed E-state index contributed by atoms with van der Waals surface area (Å²) in [6.07, 6.45) is 6.43. The molecule has 0 fully saturated rings. The lowest BCUT2D eigenvalue weighted by molar-refractivity contribution is 0.449. The van der Waals surface area contributed by atoms with E-state index in [-0.39, 0.29) is 5.41 Å². The number of nitrogens with zero attached hydrogens (tertiary/aromatic N) is 1. The van der Waals surface area contributed by atoms with E-state index in [0.29, 0.717) is 0 Å². The average Bonchev–Trinajstić information content (AvgIpc) is 2.02. The zero-order valence-electron chi connectivity index (χ0n) is 7.85. The molecule has 0 aromatic carbocycles. The van der Waals surface area contributed by atoms with Gasteiger partial charge in [0.1, 0.15) is 0 Å². The van der Waals surface area contributed by atoms with Gasteiger partial charge in [-0.05, 0) is 26.2 Å². The summed E-state index contributed by atoms with van der Waals surface area (Å²) in [4.78, 5) is 0. The number of hydrogen-bond donors (Lipinski definition) is 0. The van der Waals surface area contributed by atoms with Gasteiger partial charge in [-0.1, -0.05) is 26.7 Å². The fourth-order valence-electron chi connectivity index (χ4n) is 1.19. The Morgan fingerprint density at radius 1 is 1.36 bits per heavy atom. The lowest BCUT2D eigenvalue weighted by Crippen LogP contribution is -2.13. The summed E-state index contributed by atoms with van der Waals surface area (Å²) in [5.74, 6) is 0. The van der Waals surface area contributed by atoms with Gasteiger partial charge < -0.3 is 0 Å². The molecule has 0 saturated carbocycles. The minimum Gasteiger partial charge on any atom is -0.198 e. The summed E-state index contributed by atoms with van der Waals surface area (Å²) in [5, 5.41) is 8.86. The van der Waals surface area contributed by atoms with Gasteiger partial charge in [0.2, 0.25) is 0 Å². The highest BCUT2D eigenvalue weighted by Crippen LogP contribution is 2.27. The van der Waals surface area contributed by atoms with Crippen molar-refractivity contribution >= 4 is 0 Å². The third-order valence-electron chi connectivity index (χ3n) is 1.91. The Kier molecular flexibility index (Phi) is 4.94. The Morgan fingerprint density at radius 2 is 2.00 bits per heavy atom. The molecule has 1 atom stereocenters. The van der Waals surface area contributed by atoms with Crippen LogP contribution < -0.4 is 0 Å². The molecule has 0 aliphatic heterocycles. The molecule has 0 rings (SSSR count). The molecule has 0 spiro atoms. The molecule has 0 heterocycles. The van der Waals surface area contributed by atoms with Gasteiger partial charge in [0.05, 0.1) is 11.5 Å². The van der Waals surface area contributed by atoms with Crippen LogP contribution in [0.5, 0.6) is 0 Å². The first kappa shape index (κ1) is 10.5. The second kappa shape index (κ2) is 5.18. The van der Waals surface area contributed by atoms with Gasteiger partial charge in [0, 0.05) is 0 Å². The summed E-state index contributed by atoms with van der Waals surface area (Å²) in [6, 6.07) is 2.36. The molecule has 1 radical (unpaired) electrons. The van der Waals surface area contributed by atoms with E-state index in [1.807, 2.05) is 6.92 Å². The van der Waals surface area contributed by atoms with E-state index < -0.39 is 0 Å². The first-order valence-corrected chi connectivity index (χ1v) is 4.44. The van der Waals surface area contributed by atoms with Gasteiger partial charge in [-0.3, -0.25) is 0 Å². The van der Waals surface area contributed by atoms with Gasteiger partial charge in [-0.2, -0.15) is 5.26 Å². The van der Waals surface area contributed by atoms with E-state index in [0.717, 1.165) is 25.7 Å². The van der Waals surface area contributed by atoms with E-state index in [1.165, 1.54) is 0 Å². The van der Waals surface area contributed by atoms with Crippen molar-refractivity contribution in [3.63, 3.8) is 0 Å². The summed E-state index contributed by atoms with van der Waals surface area (Å²) in [5.41, 5.74) is -0.176. The van der Waals surface area contributed by atoms with Crippen molar-refractivity contribution in [1.82, 2.24) is 0 Å². The topological polar surface area (TPSA) is 23.8 Å². The Labute approximate surface area is 70.4 Å². The summed E-state index contributed by atoms with van der Waals surface area (Å²) < 4.78 is 0. The molecule has 1 nitrogen and oxygen atoms in total. The van der Waals surface area contributed by atoms with Gasteiger partial charge in [0.15, 0.2) is 0 Å². The minimum absolute atomic E-state index is 0.176. The fourth-order valence-corrected chi connectivity index (χ4v) is 1.19. The SMILES string of the molecule is CCC[CH]C(C)(C#N)CCC. The maximum Gasteiger partial charge on any atom is 0.0689 e. The second-order valence-corrected chi connectivity index (χ2v) is 3.27. The smallest absolute Gasteiger partial charge is 0.0689 e. The molecule has 0 amide bonds. The lowest BCUT2D eigenvalue weighted by atomic mass is 9.82. The van der Waals surface area contributed by atoms with Crippen molar-refractivity contribution in [1.29, 1.82) is 5.26 Å². The summed E-state index contributed by atoms with van der Waals surface area (Å²) in [6.45, 7) is 6.28. The minimum atomic E-state index is -0.176. The first-order valence-electron chi connectivity index (χ1n) is 4.44. The largest absolute Gasteiger partial charge is 0.198 e. The standard InChI is InChI=1S/C10H18N/c1-4-6-8-10(3,9-11)7-5-2/h8H,4-7H2,1-3H3. The molecule has 0 aromatic rings. The first-order chi connectivity index (χ1) is 5.18. The number of rotatable bonds is 5. The molecule has 63 valence electrons. The van der Waals surface area contributed by atoms with E-state index in [1.54, 1.807) is 0 Å². The highest BCUT2D eigenvalue weighted by atomic mass is 14.3. The highest BCUT2D eigenvalue weighted by molar-refractivity contribution is 5.04. The maximum absolute atomic E-state index is 8.86. The molecule has 1 unspecified atom stereocenters. The van der Waals surface area contributed by atoms with Crippen molar-refractivity contribution in [2.24, 2.45) is 5.41 Å². The maximum atomic E-state index is 8.86. The zero-order chi connectivity index (χ0) is 8.74. The third kappa shape index (κ3) is 4.03. The Hall–Kier alpha value is -0.510. The van der Waals surface area contributed by atoms with Gasteiger partial charge in [0.25, 0.3) is 0 Å². The van der Waals surface area contributed by atoms with Crippen LogP contribution in [0.15, 0.2) is 0 Å². The quantitative estimate of drug-likeness (QED) is 0.593. The van der Waals surface area contributed by atoms with Crippen LogP contribution in [0.4, 0.5) is 0 Å².